The van der Waals surface area contributed by atoms with Gasteiger partial charge in [-0.3, -0.25) is 4.90 Å². The van der Waals surface area contributed by atoms with Crippen LogP contribution in [0, 0.1) is 0 Å². The lowest BCUT2D eigenvalue weighted by molar-refractivity contribution is 0.168. The molecule has 1 atom stereocenters. The monoisotopic (exact) mass is 405 g/mol. The molecule has 0 saturated carbocycles. The summed E-state index contributed by atoms with van der Waals surface area (Å²) in [7, 11) is 0. The fourth-order valence-electron chi connectivity index (χ4n) is 3.10. The summed E-state index contributed by atoms with van der Waals surface area (Å²) < 4.78 is 10.8. The Labute approximate surface area is 171 Å². The number of ether oxygens (including phenoxy) is 1. The Hall–Kier alpha value is -2.25. The first-order chi connectivity index (χ1) is 13.7. The van der Waals surface area contributed by atoms with Crippen LogP contribution in [0.25, 0.3) is 0 Å². The van der Waals surface area contributed by atoms with Crippen LogP contribution in [0.2, 0.25) is 5.02 Å². The number of piperazine rings is 1. The van der Waals surface area contributed by atoms with E-state index in [9.17, 15) is 0 Å². The van der Waals surface area contributed by atoms with E-state index in [2.05, 4.69) is 27.2 Å². The number of rotatable bonds is 7. The minimum atomic E-state index is -0.0676. The Morgan fingerprint density at radius 3 is 2.75 bits per heavy atom. The molecule has 2 aromatic rings. The first kappa shape index (κ1) is 20.5. The predicted octanol–water partition coefficient (Wildman–Crippen LogP) is 2.88. The van der Waals surface area contributed by atoms with Crippen LogP contribution in [0.3, 0.4) is 0 Å². The third-order valence-corrected chi connectivity index (χ3v) is 4.86. The van der Waals surface area contributed by atoms with Gasteiger partial charge in [-0.25, -0.2) is 4.99 Å². The van der Waals surface area contributed by atoms with Crippen LogP contribution >= 0.6 is 11.6 Å². The van der Waals surface area contributed by atoms with Crippen molar-refractivity contribution in [3.05, 3.63) is 47.3 Å². The second kappa shape index (κ2) is 10.3. The van der Waals surface area contributed by atoms with E-state index in [1.807, 2.05) is 37.3 Å². The molecule has 1 N–H and O–H groups in total. The molecular weight excluding hydrogens is 378 g/mol. The van der Waals surface area contributed by atoms with Gasteiger partial charge in [0, 0.05) is 45.3 Å². The molecule has 1 aliphatic rings. The number of hydrogen-bond acceptors (Lipinski definition) is 5. The molecule has 0 amide bonds. The third kappa shape index (κ3) is 5.87. The Morgan fingerprint density at radius 1 is 1.29 bits per heavy atom. The van der Waals surface area contributed by atoms with E-state index in [1.54, 1.807) is 6.26 Å². The van der Waals surface area contributed by atoms with Gasteiger partial charge in [0.15, 0.2) is 5.96 Å². The van der Waals surface area contributed by atoms with Crippen molar-refractivity contribution in [2.75, 3.05) is 39.3 Å². The van der Waals surface area contributed by atoms with Crippen molar-refractivity contribution in [2.24, 2.45) is 4.99 Å². The zero-order chi connectivity index (χ0) is 19.8. The predicted molar refractivity (Wildman–Crippen MR) is 111 cm³/mol. The number of nitrogens with one attached hydrogen (secondary N) is 1. The number of para-hydroxylation sites is 1. The molecule has 1 saturated heterocycles. The minimum Gasteiger partial charge on any atom is -0.487 e. The van der Waals surface area contributed by atoms with Gasteiger partial charge in [0.2, 0.25) is 0 Å². The van der Waals surface area contributed by atoms with Crippen molar-refractivity contribution >= 4 is 17.6 Å². The summed E-state index contributed by atoms with van der Waals surface area (Å²) in [5, 5.41) is 8.00. The molecule has 1 aromatic carbocycles. The normalized spacial score (nSPS) is 16.8. The Kier molecular flexibility index (Phi) is 7.56. The van der Waals surface area contributed by atoms with Crippen LogP contribution in [0.15, 0.2) is 46.1 Å². The second-order valence-electron chi connectivity index (χ2n) is 6.81. The Bertz CT molecular complexity index is 745. The van der Waals surface area contributed by atoms with Crippen LogP contribution in [0.5, 0.6) is 5.75 Å². The van der Waals surface area contributed by atoms with E-state index in [4.69, 9.17) is 25.9 Å². The molecule has 1 fully saturated rings. The number of hydrogen-bond donors (Lipinski definition) is 1. The first-order valence-corrected chi connectivity index (χ1v) is 10.1. The zero-order valence-electron chi connectivity index (χ0n) is 16.5. The van der Waals surface area contributed by atoms with Crippen LogP contribution < -0.4 is 10.1 Å². The van der Waals surface area contributed by atoms with E-state index in [0.29, 0.717) is 17.3 Å². The molecule has 0 radical (unpaired) electrons. The highest BCUT2D eigenvalue weighted by Gasteiger charge is 2.20. The van der Waals surface area contributed by atoms with E-state index < -0.39 is 0 Å². The second-order valence-corrected chi connectivity index (χ2v) is 7.21. The standard InChI is InChI=1S/C20H28ClN5O2/c1-3-22-20(23-14-16(2)28-19-7-5-4-6-18(19)21)26-11-9-25(10-12-26)15-17-8-13-27-24-17/h4-8,13,16H,3,9-12,14-15H2,1-2H3,(H,22,23). The van der Waals surface area contributed by atoms with Crippen LogP contribution in [0.1, 0.15) is 19.5 Å². The van der Waals surface area contributed by atoms with Gasteiger partial charge < -0.3 is 19.5 Å². The molecule has 1 aliphatic heterocycles. The molecule has 1 unspecified atom stereocenters. The van der Waals surface area contributed by atoms with Gasteiger partial charge in [-0.2, -0.15) is 0 Å². The van der Waals surface area contributed by atoms with Crippen molar-refractivity contribution in [2.45, 2.75) is 26.5 Å². The van der Waals surface area contributed by atoms with Crippen molar-refractivity contribution in [1.82, 2.24) is 20.3 Å². The Morgan fingerprint density at radius 2 is 2.07 bits per heavy atom. The SMILES string of the molecule is CCNC(=NCC(C)Oc1ccccc1Cl)N1CCN(Cc2ccon2)CC1. The largest absolute Gasteiger partial charge is 0.487 e. The molecule has 3 rings (SSSR count). The molecule has 152 valence electrons. The van der Waals surface area contributed by atoms with E-state index in [1.165, 1.54) is 0 Å². The highest BCUT2D eigenvalue weighted by Crippen LogP contribution is 2.24. The van der Waals surface area contributed by atoms with Crippen LogP contribution in [0.4, 0.5) is 0 Å². The first-order valence-electron chi connectivity index (χ1n) is 9.71. The average Bonchev–Trinajstić information content (AvgIpc) is 3.21. The number of guanidine groups is 1. The molecule has 28 heavy (non-hydrogen) atoms. The summed E-state index contributed by atoms with van der Waals surface area (Å²) >= 11 is 6.17. The smallest absolute Gasteiger partial charge is 0.194 e. The fraction of sp³-hybridized carbons (Fsp3) is 0.500. The summed E-state index contributed by atoms with van der Waals surface area (Å²) in [6, 6.07) is 9.43. The summed E-state index contributed by atoms with van der Waals surface area (Å²) in [6.07, 6.45) is 1.55. The molecule has 1 aromatic heterocycles. The number of nitrogens with zero attached hydrogens (tertiary/aromatic N) is 4. The van der Waals surface area contributed by atoms with Gasteiger partial charge in [-0.15, -0.1) is 0 Å². The number of aliphatic imine (C=N–C) groups is 1. The van der Waals surface area contributed by atoms with Crippen molar-refractivity contribution in [3.63, 3.8) is 0 Å². The van der Waals surface area contributed by atoms with Crippen LogP contribution in [-0.4, -0.2) is 66.3 Å². The van der Waals surface area contributed by atoms with Crippen molar-refractivity contribution < 1.29 is 9.26 Å². The number of benzene rings is 1. The maximum Gasteiger partial charge on any atom is 0.194 e. The van der Waals surface area contributed by atoms with Crippen molar-refractivity contribution in [1.29, 1.82) is 0 Å². The van der Waals surface area contributed by atoms with Gasteiger partial charge in [0.25, 0.3) is 0 Å². The van der Waals surface area contributed by atoms with Gasteiger partial charge in [0.05, 0.1) is 17.3 Å². The lowest BCUT2D eigenvalue weighted by Crippen LogP contribution is -2.52. The highest BCUT2D eigenvalue weighted by molar-refractivity contribution is 6.32. The summed E-state index contributed by atoms with van der Waals surface area (Å²) in [5.41, 5.74) is 0.972. The number of halogens is 1. The lowest BCUT2D eigenvalue weighted by Gasteiger charge is -2.36. The molecule has 8 heteroatoms. The maximum atomic E-state index is 6.17. The molecule has 0 aliphatic carbocycles. The van der Waals surface area contributed by atoms with Crippen LogP contribution in [-0.2, 0) is 6.54 Å². The zero-order valence-corrected chi connectivity index (χ0v) is 17.2. The summed E-state index contributed by atoms with van der Waals surface area (Å²) in [6.45, 7) is 10.1. The molecule has 0 spiro atoms. The van der Waals surface area contributed by atoms with E-state index >= 15 is 0 Å². The minimum absolute atomic E-state index is 0.0676. The quantitative estimate of drug-likeness (QED) is 0.564. The fourth-order valence-corrected chi connectivity index (χ4v) is 3.28. The molecule has 0 bridgehead atoms. The van der Waals surface area contributed by atoms with Gasteiger partial charge in [-0.1, -0.05) is 28.9 Å². The Balaban J connectivity index is 1.52. The van der Waals surface area contributed by atoms with E-state index in [-0.39, 0.29) is 6.10 Å². The molecular formula is C20H28ClN5O2. The number of aromatic nitrogens is 1. The lowest BCUT2D eigenvalue weighted by atomic mass is 10.3. The topological polar surface area (TPSA) is 66.1 Å². The summed E-state index contributed by atoms with van der Waals surface area (Å²) in [5.74, 6) is 1.62. The average molecular weight is 406 g/mol. The van der Waals surface area contributed by atoms with Gasteiger partial charge in [0.1, 0.15) is 18.1 Å². The van der Waals surface area contributed by atoms with Gasteiger partial charge in [-0.05, 0) is 26.0 Å². The third-order valence-electron chi connectivity index (χ3n) is 4.55. The molecule has 7 nitrogen and oxygen atoms in total. The van der Waals surface area contributed by atoms with Gasteiger partial charge >= 0.3 is 0 Å². The summed E-state index contributed by atoms with van der Waals surface area (Å²) in [4.78, 5) is 9.45. The van der Waals surface area contributed by atoms with E-state index in [0.717, 1.165) is 50.9 Å². The highest BCUT2D eigenvalue weighted by atomic mass is 35.5. The molecule has 2 heterocycles. The van der Waals surface area contributed by atoms with Crippen molar-refractivity contribution in [3.8, 4) is 5.75 Å². The maximum absolute atomic E-state index is 6.17.